The smallest absolute Gasteiger partial charge is 0.322 e. The van der Waals surface area contributed by atoms with Gasteiger partial charge in [-0.2, -0.15) is 4.31 Å². The number of sulfonamides is 1. The molecule has 2 rings (SSSR count). The van der Waals surface area contributed by atoms with Crippen LogP contribution in [0.1, 0.15) is 12.8 Å². The molecule has 1 aliphatic heterocycles. The van der Waals surface area contributed by atoms with E-state index in [1.807, 2.05) is 0 Å². The SMILES string of the molecule is CS(=O)(=O)c1ccc(S(=O)(=O)N2CCC[C@@H]2C(=O)O)cc1. The Kier molecular flexibility index (Phi) is 4.09. The molecule has 1 aromatic carbocycles. The minimum absolute atomic E-state index is 0.0117. The molecular formula is C12H15NO6S2. The Morgan fingerprint density at radius 1 is 1.14 bits per heavy atom. The third kappa shape index (κ3) is 3.09. The third-order valence-corrected chi connectivity index (χ3v) is 6.40. The first-order valence-electron chi connectivity index (χ1n) is 6.19. The van der Waals surface area contributed by atoms with Crippen LogP contribution in [-0.2, 0) is 24.7 Å². The van der Waals surface area contributed by atoms with Gasteiger partial charge in [-0.05, 0) is 37.1 Å². The lowest BCUT2D eigenvalue weighted by atomic mass is 10.2. The average molecular weight is 333 g/mol. The van der Waals surface area contributed by atoms with E-state index >= 15 is 0 Å². The second-order valence-corrected chi connectivity index (χ2v) is 8.76. The average Bonchev–Trinajstić information content (AvgIpc) is 2.88. The zero-order valence-electron chi connectivity index (χ0n) is 11.3. The number of carboxylic acids is 1. The molecule has 1 atom stereocenters. The van der Waals surface area contributed by atoms with E-state index < -0.39 is 31.9 Å². The van der Waals surface area contributed by atoms with Crippen molar-refractivity contribution in [3.05, 3.63) is 24.3 Å². The van der Waals surface area contributed by atoms with Crippen molar-refractivity contribution in [1.82, 2.24) is 4.31 Å². The Morgan fingerprint density at radius 2 is 1.67 bits per heavy atom. The van der Waals surface area contributed by atoms with Gasteiger partial charge in [0.2, 0.25) is 10.0 Å². The molecule has 1 N–H and O–H groups in total. The molecule has 116 valence electrons. The van der Waals surface area contributed by atoms with Gasteiger partial charge in [0.05, 0.1) is 9.79 Å². The van der Waals surface area contributed by atoms with Gasteiger partial charge in [0.1, 0.15) is 6.04 Å². The Hall–Kier alpha value is -1.45. The van der Waals surface area contributed by atoms with Crippen LogP contribution < -0.4 is 0 Å². The number of sulfone groups is 1. The van der Waals surface area contributed by atoms with Gasteiger partial charge >= 0.3 is 5.97 Å². The fourth-order valence-electron chi connectivity index (χ4n) is 2.27. The van der Waals surface area contributed by atoms with E-state index in [1.54, 1.807) is 0 Å². The van der Waals surface area contributed by atoms with Gasteiger partial charge in [0, 0.05) is 12.8 Å². The molecule has 0 radical (unpaired) electrons. The molecule has 1 aromatic rings. The van der Waals surface area contributed by atoms with Crippen LogP contribution in [0.5, 0.6) is 0 Å². The molecule has 0 amide bonds. The molecular weight excluding hydrogens is 318 g/mol. The normalized spacial score (nSPS) is 20.5. The molecule has 0 saturated carbocycles. The van der Waals surface area contributed by atoms with Crippen LogP contribution in [-0.4, -0.2) is 51.1 Å². The van der Waals surface area contributed by atoms with Gasteiger partial charge in [0.25, 0.3) is 0 Å². The van der Waals surface area contributed by atoms with Crippen LogP contribution in [0, 0.1) is 0 Å². The molecule has 0 bridgehead atoms. The zero-order valence-corrected chi connectivity index (χ0v) is 12.9. The van der Waals surface area contributed by atoms with E-state index in [9.17, 15) is 21.6 Å². The maximum absolute atomic E-state index is 12.4. The van der Waals surface area contributed by atoms with Crippen LogP contribution in [0.3, 0.4) is 0 Å². The largest absolute Gasteiger partial charge is 0.480 e. The van der Waals surface area contributed by atoms with E-state index in [-0.39, 0.29) is 22.8 Å². The number of hydrogen-bond acceptors (Lipinski definition) is 5. The van der Waals surface area contributed by atoms with Crippen molar-refractivity contribution in [2.45, 2.75) is 28.7 Å². The molecule has 0 aromatic heterocycles. The summed E-state index contributed by atoms with van der Waals surface area (Å²) in [5.41, 5.74) is 0. The molecule has 1 heterocycles. The number of aliphatic carboxylic acids is 1. The predicted molar refractivity (Wildman–Crippen MR) is 74.1 cm³/mol. The Morgan fingerprint density at radius 3 is 2.14 bits per heavy atom. The highest BCUT2D eigenvalue weighted by atomic mass is 32.2. The van der Waals surface area contributed by atoms with Gasteiger partial charge in [-0.1, -0.05) is 0 Å². The standard InChI is InChI=1S/C12H15NO6S2/c1-20(16,17)9-4-6-10(7-5-9)21(18,19)13-8-2-3-11(13)12(14)15/h4-7,11H,2-3,8H2,1H3,(H,14,15)/t11-/m1/s1. The minimum atomic E-state index is -3.94. The van der Waals surface area contributed by atoms with E-state index in [4.69, 9.17) is 5.11 Å². The van der Waals surface area contributed by atoms with Gasteiger partial charge in [-0.3, -0.25) is 4.79 Å². The Balaban J connectivity index is 2.38. The molecule has 1 aliphatic rings. The molecule has 0 aliphatic carbocycles. The van der Waals surface area contributed by atoms with Crippen molar-refractivity contribution < 1.29 is 26.7 Å². The van der Waals surface area contributed by atoms with Gasteiger partial charge in [-0.25, -0.2) is 16.8 Å². The molecule has 7 nitrogen and oxygen atoms in total. The summed E-state index contributed by atoms with van der Waals surface area (Å²) in [7, 11) is -7.35. The molecule has 0 unspecified atom stereocenters. The van der Waals surface area contributed by atoms with E-state index in [2.05, 4.69) is 0 Å². The van der Waals surface area contributed by atoms with Crippen LogP contribution in [0.4, 0.5) is 0 Å². The highest BCUT2D eigenvalue weighted by Gasteiger charge is 2.39. The fourth-order valence-corrected chi connectivity index (χ4v) is 4.55. The first-order valence-corrected chi connectivity index (χ1v) is 9.52. The predicted octanol–water partition coefficient (Wildman–Crippen LogP) is 0.328. The highest BCUT2D eigenvalue weighted by Crippen LogP contribution is 2.26. The van der Waals surface area contributed by atoms with Crippen molar-refractivity contribution in [3.8, 4) is 0 Å². The second-order valence-electron chi connectivity index (χ2n) is 4.86. The summed E-state index contributed by atoms with van der Waals surface area (Å²) in [6.45, 7) is 0.146. The summed E-state index contributed by atoms with van der Waals surface area (Å²) in [4.78, 5) is 11.0. The van der Waals surface area contributed by atoms with Gasteiger partial charge in [0.15, 0.2) is 9.84 Å². The number of nitrogens with zero attached hydrogens (tertiary/aromatic N) is 1. The maximum Gasteiger partial charge on any atom is 0.322 e. The lowest BCUT2D eigenvalue weighted by molar-refractivity contribution is -0.140. The summed E-state index contributed by atoms with van der Waals surface area (Å²) in [6.07, 6.45) is 1.78. The third-order valence-electron chi connectivity index (χ3n) is 3.35. The maximum atomic E-state index is 12.4. The fraction of sp³-hybridized carbons (Fsp3) is 0.417. The minimum Gasteiger partial charge on any atom is -0.480 e. The lowest BCUT2D eigenvalue weighted by Gasteiger charge is -2.21. The Bertz CT molecular complexity index is 751. The van der Waals surface area contributed by atoms with E-state index in [0.717, 1.165) is 10.6 Å². The number of benzene rings is 1. The quantitative estimate of drug-likeness (QED) is 0.850. The first kappa shape index (κ1) is 15.9. The van der Waals surface area contributed by atoms with Crippen molar-refractivity contribution >= 4 is 25.8 Å². The van der Waals surface area contributed by atoms with Crippen LogP contribution in [0.25, 0.3) is 0 Å². The summed E-state index contributed by atoms with van der Waals surface area (Å²) in [6, 6.07) is 3.71. The van der Waals surface area contributed by atoms with Crippen molar-refractivity contribution in [2.75, 3.05) is 12.8 Å². The molecule has 1 fully saturated rings. The molecule has 1 saturated heterocycles. The molecule has 9 heteroatoms. The molecule has 21 heavy (non-hydrogen) atoms. The summed E-state index contributed by atoms with van der Waals surface area (Å²) in [5.74, 6) is -1.18. The van der Waals surface area contributed by atoms with Gasteiger partial charge < -0.3 is 5.11 Å². The molecule has 0 spiro atoms. The zero-order chi connectivity index (χ0) is 15.8. The summed E-state index contributed by atoms with van der Waals surface area (Å²) >= 11 is 0. The number of rotatable bonds is 4. The lowest BCUT2D eigenvalue weighted by Crippen LogP contribution is -2.40. The number of carbonyl (C=O) groups is 1. The number of hydrogen-bond donors (Lipinski definition) is 1. The van der Waals surface area contributed by atoms with Crippen LogP contribution in [0.2, 0.25) is 0 Å². The van der Waals surface area contributed by atoms with Crippen LogP contribution in [0.15, 0.2) is 34.1 Å². The van der Waals surface area contributed by atoms with Crippen LogP contribution >= 0.6 is 0 Å². The topological polar surface area (TPSA) is 109 Å². The second kappa shape index (κ2) is 5.39. The first-order chi connectivity index (χ1) is 9.64. The summed E-state index contributed by atoms with van der Waals surface area (Å²) < 4.78 is 48.5. The summed E-state index contributed by atoms with van der Waals surface area (Å²) in [5, 5.41) is 9.06. The van der Waals surface area contributed by atoms with E-state index in [0.29, 0.717) is 6.42 Å². The monoisotopic (exact) mass is 333 g/mol. The van der Waals surface area contributed by atoms with Crippen molar-refractivity contribution in [1.29, 1.82) is 0 Å². The highest BCUT2D eigenvalue weighted by molar-refractivity contribution is 7.90. The van der Waals surface area contributed by atoms with Crippen molar-refractivity contribution in [3.63, 3.8) is 0 Å². The Labute approximate surface area is 123 Å². The number of carboxylic acid groups (broad SMARTS) is 1. The van der Waals surface area contributed by atoms with E-state index in [1.165, 1.54) is 24.3 Å². The van der Waals surface area contributed by atoms with Crippen molar-refractivity contribution in [2.24, 2.45) is 0 Å². The van der Waals surface area contributed by atoms with Gasteiger partial charge in [-0.15, -0.1) is 0 Å².